The first-order valence-electron chi connectivity index (χ1n) is 8.25. The molecular formula is C17H30N2. The summed E-state index contributed by atoms with van der Waals surface area (Å²) in [6.07, 6.45) is 7.65. The summed E-state index contributed by atoms with van der Waals surface area (Å²) in [4.78, 5) is 2.66. The molecule has 1 saturated heterocycles. The summed E-state index contributed by atoms with van der Waals surface area (Å²) in [5.74, 6) is 2.80. The van der Waals surface area contributed by atoms with Crippen molar-refractivity contribution in [3.63, 3.8) is 0 Å². The van der Waals surface area contributed by atoms with Crippen molar-refractivity contribution < 1.29 is 0 Å². The third-order valence-corrected chi connectivity index (χ3v) is 5.46. The Labute approximate surface area is 119 Å². The van der Waals surface area contributed by atoms with Crippen molar-refractivity contribution >= 4 is 0 Å². The Morgan fingerprint density at radius 1 is 1.11 bits per heavy atom. The number of nitrogens with zero attached hydrogens (tertiary/aromatic N) is 2. The predicted molar refractivity (Wildman–Crippen MR) is 79.7 cm³/mol. The largest absolute Gasteiger partial charge is 0.299 e. The van der Waals surface area contributed by atoms with E-state index in [1.54, 1.807) is 0 Å². The van der Waals surface area contributed by atoms with Crippen LogP contribution < -0.4 is 0 Å². The van der Waals surface area contributed by atoms with E-state index in [4.69, 9.17) is 0 Å². The average Bonchev–Trinajstić information content (AvgIpc) is 2.64. The lowest BCUT2D eigenvalue weighted by atomic mass is 9.79. The Morgan fingerprint density at radius 2 is 1.89 bits per heavy atom. The molecule has 1 aliphatic heterocycles. The van der Waals surface area contributed by atoms with Gasteiger partial charge in [0, 0.05) is 6.04 Å². The van der Waals surface area contributed by atoms with E-state index in [0.717, 1.165) is 24.2 Å². The van der Waals surface area contributed by atoms with Crippen molar-refractivity contribution in [2.75, 3.05) is 13.1 Å². The summed E-state index contributed by atoms with van der Waals surface area (Å²) in [5.41, 5.74) is 0. The van der Waals surface area contributed by atoms with Crippen LogP contribution in [0.5, 0.6) is 0 Å². The fraction of sp³-hybridized carbons (Fsp3) is 0.941. The van der Waals surface area contributed by atoms with Crippen molar-refractivity contribution in [1.82, 2.24) is 4.90 Å². The van der Waals surface area contributed by atoms with Gasteiger partial charge in [0.05, 0.1) is 12.0 Å². The SMILES string of the molecule is CC1CCC(C#N)C(N2CCCC(C(C)C)CC2)C1. The van der Waals surface area contributed by atoms with E-state index >= 15 is 0 Å². The van der Waals surface area contributed by atoms with E-state index in [9.17, 15) is 5.26 Å². The molecular weight excluding hydrogens is 232 g/mol. The van der Waals surface area contributed by atoms with Crippen molar-refractivity contribution in [2.24, 2.45) is 23.7 Å². The molecule has 0 N–H and O–H groups in total. The van der Waals surface area contributed by atoms with Crippen LogP contribution in [0.4, 0.5) is 0 Å². The monoisotopic (exact) mass is 262 g/mol. The molecule has 2 rings (SSSR count). The maximum absolute atomic E-state index is 9.41. The molecule has 2 heteroatoms. The first-order valence-corrected chi connectivity index (χ1v) is 8.25. The van der Waals surface area contributed by atoms with Gasteiger partial charge in [-0.15, -0.1) is 0 Å². The van der Waals surface area contributed by atoms with Gasteiger partial charge in [-0.05, 0) is 69.4 Å². The second kappa shape index (κ2) is 6.75. The fourth-order valence-electron chi connectivity index (χ4n) is 4.05. The van der Waals surface area contributed by atoms with Gasteiger partial charge in [0.2, 0.25) is 0 Å². The minimum atomic E-state index is 0.284. The molecule has 2 nitrogen and oxygen atoms in total. The molecule has 19 heavy (non-hydrogen) atoms. The second-order valence-electron chi connectivity index (χ2n) is 7.19. The first kappa shape index (κ1) is 14.9. The van der Waals surface area contributed by atoms with E-state index in [-0.39, 0.29) is 5.92 Å². The number of hydrogen-bond donors (Lipinski definition) is 0. The zero-order valence-corrected chi connectivity index (χ0v) is 12.9. The van der Waals surface area contributed by atoms with E-state index in [1.807, 2.05) is 0 Å². The van der Waals surface area contributed by atoms with E-state index in [2.05, 4.69) is 31.7 Å². The zero-order valence-electron chi connectivity index (χ0n) is 12.9. The van der Waals surface area contributed by atoms with Gasteiger partial charge in [-0.2, -0.15) is 5.26 Å². The van der Waals surface area contributed by atoms with Gasteiger partial charge < -0.3 is 0 Å². The molecule has 0 bridgehead atoms. The summed E-state index contributed by atoms with van der Waals surface area (Å²) in [6, 6.07) is 3.13. The highest BCUT2D eigenvalue weighted by Crippen LogP contribution is 2.34. The highest BCUT2D eigenvalue weighted by molar-refractivity contribution is 4.97. The maximum atomic E-state index is 9.41. The molecule has 0 aromatic rings. The number of hydrogen-bond acceptors (Lipinski definition) is 2. The van der Waals surface area contributed by atoms with Crippen LogP contribution in [0.2, 0.25) is 0 Å². The molecule has 1 aliphatic carbocycles. The zero-order chi connectivity index (χ0) is 13.8. The lowest BCUT2D eigenvalue weighted by molar-refractivity contribution is 0.107. The first-order chi connectivity index (χ1) is 9.11. The quantitative estimate of drug-likeness (QED) is 0.750. The average molecular weight is 262 g/mol. The Bertz CT molecular complexity index is 318. The van der Waals surface area contributed by atoms with Crippen LogP contribution in [0.15, 0.2) is 0 Å². The molecule has 4 atom stereocenters. The molecule has 1 heterocycles. The minimum Gasteiger partial charge on any atom is -0.299 e. The van der Waals surface area contributed by atoms with Gasteiger partial charge in [0.15, 0.2) is 0 Å². The highest BCUT2D eigenvalue weighted by Gasteiger charge is 2.34. The Morgan fingerprint density at radius 3 is 2.58 bits per heavy atom. The smallest absolute Gasteiger partial charge is 0.0672 e. The van der Waals surface area contributed by atoms with Gasteiger partial charge in [-0.1, -0.05) is 20.8 Å². The molecule has 1 saturated carbocycles. The maximum Gasteiger partial charge on any atom is 0.0672 e. The van der Waals surface area contributed by atoms with Crippen molar-refractivity contribution in [3.05, 3.63) is 0 Å². The van der Waals surface area contributed by atoms with Gasteiger partial charge in [-0.3, -0.25) is 4.90 Å². The molecule has 0 radical (unpaired) electrons. The summed E-state index contributed by atoms with van der Waals surface area (Å²) >= 11 is 0. The van der Waals surface area contributed by atoms with E-state index < -0.39 is 0 Å². The van der Waals surface area contributed by atoms with Crippen molar-refractivity contribution in [1.29, 1.82) is 5.26 Å². The lowest BCUT2D eigenvalue weighted by Gasteiger charge is -2.39. The van der Waals surface area contributed by atoms with Crippen LogP contribution in [0.1, 0.15) is 59.3 Å². The molecule has 108 valence electrons. The van der Waals surface area contributed by atoms with E-state index in [1.165, 1.54) is 45.2 Å². The van der Waals surface area contributed by atoms with Crippen LogP contribution in [-0.4, -0.2) is 24.0 Å². The third kappa shape index (κ3) is 3.72. The summed E-state index contributed by atoms with van der Waals surface area (Å²) < 4.78 is 0. The number of nitriles is 1. The normalized spacial score (nSPS) is 37.8. The summed E-state index contributed by atoms with van der Waals surface area (Å²) in [7, 11) is 0. The van der Waals surface area contributed by atoms with Crippen molar-refractivity contribution in [2.45, 2.75) is 65.3 Å². The van der Waals surface area contributed by atoms with Gasteiger partial charge >= 0.3 is 0 Å². The standard InChI is InChI=1S/C17H30N2/c1-13(2)15-5-4-9-19(10-8-15)17-11-14(3)6-7-16(17)12-18/h13-17H,4-11H2,1-3H3. The molecule has 0 amide bonds. The lowest BCUT2D eigenvalue weighted by Crippen LogP contribution is -2.44. The number of likely N-dealkylation sites (tertiary alicyclic amines) is 1. The van der Waals surface area contributed by atoms with Crippen LogP contribution in [0, 0.1) is 35.0 Å². The van der Waals surface area contributed by atoms with Gasteiger partial charge in [-0.25, -0.2) is 0 Å². The minimum absolute atomic E-state index is 0.284. The molecule has 2 aliphatic rings. The topological polar surface area (TPSA) is 27.0 Å². The van der Waals surface area contributed by atoms with Crippen LogP contribution in [0.25, 0.3) is 0 Å². The highest BCUT2D eigenvalue weighted by atomic mass is 15.2. The summed E-state index contributed by atoms with van der Waals surface area (Å²) in [5, 5.41) is 9.41. The predicted octanol–water partition coefficient (Wildman–Crippen LogP) is 4.07. The van der Waals surface area contributed by atoms with Gasteiger partial charge in [0.1, 0.15) is 0 Å². The Kier molecular flexibility index (Phi) is 5.28. The third-order valence-electron chi connectivity index (χ3n) is 5.46. The molecule has 2 fully saturated rings. The molecule has 0 aromatic heterocycles. The fourth-order valence-corrected chi connectivity index (χ4v) is 4.05. The summed E-state index contributed by atoms with van der Waals surface area (Å²) in [6.45, 7) is 9.52. The molecule has 0 aromatic carbocycles. The van der Waals surface area contributed by atoms with Crippen molar-refractivity contribution in [3.8, 4) is 6.07 Å². The number of rotatable bonds is 2. The Balaban J connectivity index is 1.98. The van der Waals surface area contributed by atoms with Crippen LogP contribution in [0.3, 0.4) is 0 Å². The molecule has 0 spiro atoms. The van der Waals surface area contributed by atoms with E-state index in [0.29, 0.717) is 6.04 Å². The van der Waals surface area contributed by atoms with Crippen LogP contribution in [-0.2, 0) is 0 Å². The van der Waals surface area contributed by atoms with Gasteiger partial charge in [0.25, 0.3) is 0 Å². The second-order valence-corrected chi connectivity index (χ2v) is 7.19. The van der Waals surface area contributed by atoms with Crippen LogP contribution >= 0.6 is 0 Å². The Hall–Kier alpha value is -0.550. The molecule has 4 unspecified atom stereocenters.